The van der Waals surface area contributed by atoms with Crippen LogP contribution in [0.25, 0.3) is 0 Å². The molecule has 0 bridgehead atoms. The van der Waals surface area contributed by atoms with Gasteiger partial charge in [-0.05, 0) is 75.6 Å². The van der Waals surface area contributed by atoms with Gasteiger partial charge in [-0.25, -0.2) is 4.98 Å². The van der Waals surface area contributed by atoms with Crippen molar-refractivity contribution in [3.8, 4) is 0 Å². The van der Waals surface area contributed by atoms with Crippen LogP contribution in [0.4, 0.5) is 28.8 Å². The quantitative estimate of drug-likeness (QED) is 0.609. The molecule has 0 saturated carbocycles. The summed E-state index contributed by atoms with van der Waals surface area (Å²) < 4.78 is 0. The van der Waals surface area contributed by atoms with E-state index in [1.807, 2.05) is 12.3 Å². The van der Waals surface area contributed by atoms with Gasteiger partial charge < -0.3 is 15.1 Å². The van der Waals surface area contributed by atoms with Crippen LogP contribution in [-0.2, 0) is 6.42 Å². The molecule has 2 heterocycles. The molecule has 150 valence electrons. The van der Waals surface area contributed by atoms with Crippen LogP contribution in [0.1, 0.15) is 31.9 Å². The van der Waals surface area contributed by atoms with Crippen LogP contribution in [-0.4, -0.2) is 29.1 Å². The minimum absolute atomic E-state index is 0.380. The molecule has 1 aliphatic rings. The van der Waals surface area contributed by atoms with Crippen LogP contribution in [0.5, 0.6) is 0 Å². The summed E-state index contributed by atoms with van der Waals surface area (Å²) in [6.07, 6.45) is 2.87. The van der Waals surface area contributed by atoms with Crippen molar-refractivity contribution in [2.45, 2.75) is 40.2 Å². The van der Waals surface area contributed by atoms with Gasteiger partial charge in [0, 0.05) is 42.4 Å². The number of anilines is 5. The number of nitrogens with zero attached hydrogens (tertiary/aromatic N) is 4. The predicted octanol–water partition coefficient (Wildman–Crippen LogP) is 5.46. The number of benzene rings is 2. The first-order chi connectivity index (χ1) is 14.1. The fraction of sp³-hybridized carbons (Fsp3) is 0.333. The summed E-state index contributed by atoms with van der Waals surface area (Å²) in [5, 5.41) is 3.41. The van der Waals surface area contributed by atoms with Gasteiger partial charge >= 0.3 is 0 Å². The first-order valence-electron chi connectivity index (χ1n) is 10.4. The number of hydrogen-bond donors (Lipinski definition) is 1. The van der Waals surface area contributed by atoms with Crippen LogP contribution in [0.3, 0.4) is 0 Å². The molecule has 0 fully saturated rings. The summed E-state index contributed by atoms with van der Waals surface area (Å²) in [6.45, 7) is 10.7. The Hall–Kier alpha value is -3.08. The molecular weight excluding hydrogens is 358 g/mol. The van der Waals surface area contributed by atoms with E-state index in [4.69, 9.17) is 4.98 Å². The minimum atomic E-state index is 0.380. The number of hydrogen-bond acceptors (Lipinski definition) is 5. The molecule has 3 aromatic rings. The van der Waals surface area contributed by atoms with E-state index in [2.05, 4.69) is 90.3 Å². The average molecular weight is 388 g/mol. The van der Waals surface area contributed by atoms with E-state index >= 15 is 0 Å². The van der Waals surface area contributed by atoms with E-state index < -0.39 is 0 Å². The van der Waals surface area contributed by atoms with Gasteiger partial charge in [-0.1, -0.05) is 18.2 Å². The van der Waals surface area contributed by atoms with Crippen molar-refractivity contribution in [3.63, 3.8) is 0 Å². The Morgan fingerprint density at radius 3 is 2.66 bits per heavy atom. The molecule has 5 nitrogen and oxygen atoms in total. The van der Waals surface area contributed by atoms with E-state index in [0.29, 0.717) is 12.0 Å². The summed E-state index contributed by atoms with van der Waals surface area (Å²) in [4.78, 5) is 13.9. The molecular formula is C24H29N5. The predicted molar refractivity (Wildman–Crippen MR) is 122 cm³/mol. The van der Waals surface area contributed by atoms with Gasteiger partial charge in [0.25, 0.3) is 0 Å². The normalized spacial score (nSPS) is 15.3. The standard InChI is InChI=1S/C24H29N5/c1-5-28(6-2)20-11-12-21(17(3)15-20)26-24-25-14-13-23(27-24)29-18(4)16-19-9-7-8-10-22(19)29/h7-15,18H,5-6,16H2,1-4H3,(H,25,26,27). The Labute approximate surface area is 173 Å². The van der Waals surface area contributed by atoms with Gasteiger partial charge in [0.05, 0.1) is 0 Å². The molecule has 1 aromatic heterocycles. The highest BCUT2D eigenvalue weighted by atomic mass is 15.3. The van der Waals surface area contributed by atoms with Crippen LogP contribution in [0.2, 0.25) is 0 Å². The van der Waals surface area contributed by atoms with E-state index in [-0.39, 0.29) is 0 Å². The van der Waals surface area contributed by atoms with Crippen molar-refractivity contribution in [1.29, 1.82) is 0 Å². The van der Waals surface area contributed by atoms with Gasteiger partial charge in [0.1, 0.15) is 5.82 Å². The van der Waals surface area contributed by atoms with Crippen molar-refractivity contribution in [3.05, 3.63) is 65.9 Å². The van der Waals surface area contributed by atoms with Gasteiger partial charge in [0.2, 0.25) is 5.95 Å². The maximum Gasteiger partial charge on any atom is 0.229 e. The van der Waals surface area contributed by atoms with Gasteiger partial charge in [-0.15, -0.1) is 0 Å². The van der Waals surface area contributed by atoms with E-state index in [1.165, 1.54) is 22.5 Å². The van der Waals surface area contributed by atoms with E-state index in [9.17, 15) is 0 Å². The van der Waals surface area contributed by atoms with Crippen molar-refractivity contribution >= 4 is 28.8 Å². The number of nitrogens with one attached hydrogen (secondary N) is 1. The zero-order valence-electron chi connectivity index (χ0n) is 17.7. The van der Waals surface area contributed by atoms with Crippen LogP contribution >= 0.6 is 0 Å². The monoisotopic (exact) mass is 387 g/mol. The van der Waals surface area contributed by atoms with Crippen molar-refractivity contribution < 1.29 is 0 Å². The highest BCUT2D eigenvalue weighted by Crippen LogP contribution is 2.37. The lowest BCUT2D eigenvalue weighted by molar-refractivity contribution is 0.749. The molecule has 29 heavy (non-hydrogen) atoms. The zero-order chi connectivity index (χ0) is 20.4. The maximum absolute atomic E-state index is 4.82. The first-order valence-corrected chi connectivity index (χ1v) is 10.4. The summed E-state index contributed by atoms with van der Waals surface area (Å²) >= 11 is 0. The topological polar surface area (TPSA) is 44.3 Å². The number of aromatic nitrogens is 2. The van der Waals surface area contributed by atoms with Gasteiger partial charge in [-0.2, -0.15) is 4.98 Å². The summed E-state index contributed by atoms with van der Waals surface area (Å²) in [5.41, 5.74) is 6.08. The van der Waals surface area contributed by atoms with Gasteiger partial charge in [0.15, 0.2) is 0 Å². The molecule has 1 aliphatic heterocycles. The third-order valence-electron chi connectivity index (χ3n) is 5.68. The lowest BCUT2D eigenvalue weighted by Crippen LogP contribution is -2.25. The highest BCUT2D eigenvalue weighted by molar-refractivity contribution is 5.70. The van der Waals surface area contributed by atoms with E-state index in [0.717, 1.165) is 31.0 Å². The van der Waals surface area contributed by atoms with Crippen molar-refractivity contribution in [1.82, 2.24) is 9.97 Å². The molecule has 4 rings (SSSR count). The summed E-state index contributed by atoms with van der Waals surface area (Å²) in [6, 6.07) is 17.4. The number of fused-ring (bicyclic) bond motifs is 1. The highest BCUT2D eigenvalue weighted by Gasteiger charge is 2.27. The smallest absolute Gasteiger partial charge is 0.229 e. The molecule has 0 amide bonds. The molecule has 0 aliphatic carbocycles. The molecule has 0 spiro atoms. The molecule has 0 saturated heterocycles. The Balaban J connectivity index is 1.59. The maximum atomic E-state index is 4.82. The lowest BCUT2D eigenvalue weighted by atomic mass is 10.1. The minimum Gasteiger partial charge on any atom is -0.372 e. The molecule has 1 atom stereocenters. The van der Waals surface area contributed by atoms with Crippen molar-refractivity contribution in [2.75, 3.05) is 28.2 Å². The largest absolute Gasteiger partial charge is 0.372 e. The average Bonchev–Trinajstić information content (AvgIpc) is 3.07. The Morgan fingerprint density at radius 1 is 1.10 bits per heavy atom. The summed E-state index contributed by atoms with van der Waals surface area (Å²) in [7, 11) is 0. The molecule has 0 radical (unpaired) electrons. The Kier molecular flexibility index (Phi) is 5.38. The number of rotatable bonds is 6. The third kappa shape index (κ3) is 3.77. The second-order valence-corrected chi connectivity index (χ2v) is 7.59. The molecule has 2 aromatic carbocycles. The first kappa shape index (κ1) is 19.2. The van der Waals surface area contributed by atoms with E-state index in [1.54, 1.807) is 0 Å². The lowest BCUT2D eigenvalue weighted by Gasteiger charge is -2.24. The number of aryl methyl sites for hydroxylation is 1. The molecule has 1 unspecified atom stereocenters. The SMILES string of the molecule is CCN(CC)c1ccc(Nc2nccc(N3c4ccccc4CC3C)n2)c(C)c1. The fourth-order valence-corrected chi connectivity index (χ4v) is 4.15. The van der Waals surface area contributed by atoms with Crippen molar-refractivity contribution in [2.24, 2.45) is 0 Å². The van der Waals surface area contributed by atoms with Crippen LogP contribution < -0.4 is 15.1 Å². The van der Waals surface area contributed by atoms with Crippen LogP contribution in [0, 0.1) is 6.92 Å². The zero-order valence-corrected chi connectivity index (χ0v) is 17.7. The fourth-order valence-electron chi connectivity index (χ4n) is 4.15. The Morgan fingerprint density at radius 2 is 1.90 bits per heavy atom. The molecule has 1 N–H and O–H groups in total. The third-order valence-corrected chi connectivity index (χ3v) is 5.68. The van der Waals surface area contributed by atoms with Gasteiger partial charge in [-0.3, -0.25) is 0 Å². The second-order valence-electron chi connectivity index (χ2n) is 7.59. The summed E-state index contributed by atoms with van der Waals surface area (Å²) in [5.74, 6) is 1.55. The second kappa shape index (κ2) is 8.11. The van der Waals surface area contributed by atoms with Crippen LogP contribution in [0.15, 0.2) is 54.7 Å². The number of para-hydroxylation sites is 1. The Bertz CT molecular complexity index is 996. The molecule has 5 heteroatoms.